The van der Waals surface area contributed by atoms with Gasteiger partial charge in [0.15, 0.2) is 0 Å². The van der Waals surface area contributed by atoms with Gasteiger partial charge in [-0.3, -0.25) is 14.8 Å². The summed E-state index contributed by atoms with van der Waals surface area (Å²) in [5.41, 5.74) is 6.99. The van der Waals surface area contributed by atoms with Crippen molar-refractivity contribution >= 4 is 22.6 Å². The van der Waals surface area contributed by atoms with E-state index in [1.807, 2.05) is 6.07 Å². The summed E-state index contributed by atoms with van der Waals surface area (Å²) in [6, 6.07) is 5.36. The molecule has 5 heteroatoms. The number of benzene rings is 1. The number of anilines is 1. The van der Waals surface area contributed by atoms with Gasteiger partial charge in [0, 0.05) is 18.1 Å². The first kappa shape index (κ1) is 11.5. The number of amides is 1. The van der Waals surface area contributed by atoms with Crippen LogP contribution in [0.4, 0.5) is 5.69 Å². The highest BCUT2D eigenvalue weighted by Crippen LogP contribution is 2.15. The Morgan fingerprint density at radius 3 is 2.53 bits per heavy atom. The molecule has 0 aliphatic heterocycles. The first-order valence-electron chi connectivity index (χ1n) is 5.28. The predicted octanol–water partition coefficient (Wildman–Crippen LogP) is 1.31. The zero-order valence-electron chi connectivity index (χ0n) is 9.77. The predicted molar refractivity (Wildman–Crippen MR) is 66.4 cm³/mol. The number of hydrogen-bond acceptors (Lipinski definition) is 4. The van der Waals surface area contributed by atoms with Crippen LogP contribution in [0, 0.1) is 0 Å². The summed E-state index contributed by atoms with van der Waals surface area (Å²) in [5, 5.41) is 2.74. The Hall–Kier alpha value is -2.01. The molecular weight excluding hydrogens is 216 g/mol. The van der Waals surface area contributed by atoms with E-state index in [9.17, 15) is 4.79 Å². The highest BCUT2D eigenvalue weighted by atomic mass is 16.2. The Morgan fingerprint density at radius 1 is 1.24 bits per heavy atom. The van der Waals surface area contributed by atoms with Gasteiger partial charge in [0.1, 0.15) is 0 Å². The Kier molecular flexibility index (Phi) is 2.77. The molecule has 0 fully saturated rings. The standard InChI is InChI=1S/C12H14N4O/c1-12(2,13)11(17)16-8-3-4-9-10(7-8)15-6-5-14-9/h3-7H,13H2,1-2H3,(H,16,17). The number of rotatable bonds is 2. The van der Waals surface area contributed by atoms with Crippen molar-refractivity contribution in [2.24, 2.45) is 5.73 Å². The molecule has 5 nitrogen and oxygen atoms in total. The molecule has 2 rings (SSSR count). The molecule has 1 aromatic carbocycles. The third-order valence-electron chi connectivity index (χ3n) is 2.31. The van der Waals surface area contributed by atoms with E-state index >= 15 is 0 Å². The van der Waals surface area contributed by atoms with Gasteiger partial charge in [-0.05, 0) is 32.0 Å². The third-order valence-corrected chi connectivity index (χ3v) is 2.31. The Labute approximate surface area is 99.1 Å². The molecule has 1 heterocycles. The number of nitrogens with two attached hydrogens (primary N) is 1. The Morgan fingerprint density at radius 2 is 1.88 bits per heavy atom. The molecular formula is C12H14N4O. The van der Waals surface area contributed by atoms with Gasteiger partial charge in [0.25, 0.3) is 0 Å². The minimum Gasteiger partial charge on any atom is -0.324 e. The molecule has 2 aromatic rings. The Balaban J connectivity index is 2.29. The van der Waals surface area contributed by atoms with Crippen LogP contribution in [0.5, 0.6) is 0 Å². The van der Waals surface area contributed by atoms with Crippen LogP contribution in [0.2, 0.25) is 0 Å². The summed E-state index contributed by atoms with van der Waals surface area (Å²) in [6.45, 7) is 3.31. The molecule has 0 unspecified atom stereocenters. The van der Waals surface area contributed by atoms with Crippen molar-refractivity contribution in [3.05, 3.63) is 30.6 Å². The molecule has 0 bridgehead atoms. The normalized spacial score (nSPS) is 11.5. The number of carbonyl (C=O) groups is 1. The van der Waals surface area contributed by atoms with Crippen LogP contribution >= 0.6 is 0 Å². The Bertz CT molecular complexity index is 560. The number of hydrogen-bond donors (Lipinski definition) is 2. The summed E-state index contributed by atoms with van der Waals surface area (Å²) in [5.74, 6) is -0.235. The lowest BCUT2D eigenvalue weighted by Crippen LogP contribution is -2.45. The highest BCUT2D eigenvalue weighted by Gasteiger charge is 2.21. The number of fused-ring (bicyclic) bond motifs is 1. The van der Waals surface area contributed by atoms with Gasteiger partial charge < -0.3 is 11.1 Å². The van der Waals surface area contributed by atoms with Crippen LogP contribution in [0.1, 0.15) is 13.8 Å². The zero-order chi connectivity index (χ0) is 12.5. The van der Waals surface area contributed by atoms with Crippen molar-refractivity contribution < 1.29 is 4.79 Å². The highest BCUT2D eigenvalue weighted by molar-refractivity contribution is 5.98. The molecule has 0 saturated heterocycles. The van der Waals surface area contributed by atoms with Crippen LogP contribution in [0.25, 0.3) is 11.0 Å². The minimum atomic E-state index is -0.905. The van der Waals surface area contributed by atoms with Crippen LogP contribution in [0.3, 0.4) is 0 Å². The largest absolute Gasteiger partial charge is 0.324 e. The molecule has 0 spiro atoms. The van der Waals surface area contributed by atoms with Crippen molar-refractivity contribution in [2.45, 2.75) is 19.4 Å². The quantitative estimate of drug-likeness (QED) is 0.815. The average Bonchev–Trinajstić information content (AvgIpc) is 2.27. The summed E-state index contributed by atoms with van der Waals surface area (Å²) in [6.07, 6.45) is 3.24. The zero-order valence-corrected chi connectivity index (χ0v) is 9.77. The summed E-state index contributed by atoms with van der Waals surface area (Å²) in [4.78, 5) is 20.0. The second-order valence-electron chi connectivity index (χ2n) is 4.44. The smallest absolute Gasteiger partial charge is 0.243 e. The van der Waals surface area contributed by atoms with Crippen LogP contribution in [-0.2, 0) is 4.79 Å². The van der Waals surface area contributed by atoms with E-state index in [4.69, 9.17) is 5.73 Å². The maximum Gasteiger partial charge on any atom is 0.243 e. The monoisotopic (exact) mass is 230 g/mol. The van der Waals surface area contributed by atoms with Gasteiger partial charge in [0.05, 0.1) is 16.6 Å². The number of nitrogens with one attached hydrogen (secondary N) is 1. The fourth-order valence-corrected chi connectivity index (χ4v) is 1.33. The van der Waals surface area contributed by atoms with Crippen LogP contribution < -0.4 is 11.1 Å². The molecule has 0 radical (unpaired) electrons. The van der Waals surface area contributed by atoms with Crippen molar-refractivity contribution in [3.8, 4) is 0 Å². The summed E-state index contributed by atoms with van der Waals surface area (Å²) < 4.78 is 0. The van der Waals surface area contributed by atoms with Crippen LogP contribution in [-0.4, -0.2) is 21.4 Å². The lowest BCUT2D eigenvalue weighted by atomic mass is 10.1. The van der Waals surface area contributed by atoms with Crippen molar-refractivity contribution in [1.29, 1.82) is 0 Å². The van der Waals surface area contributed by atoms with Crippen molar-refractivity contribution in [3.63, 3.8) is 0 Å². The maximum absolute atomic E-state index is 11.7. The lowest BCUT2D eigenvalue weighted by Gasteiger charge is -2.17. The third kappa shape index (κ3) is 2.57. The summed E-state index contributed by atoms with van der Waals surface area (Å²) in [7, 11) is 0. The fraction of sp³-hybridized carbons (Fsp3) is 0.250. The molecule has 1 amide bonds. The lowest BCUT2D eigenvalue weighted by molar-refractivity contribution is -0.120. The number of aromatic nitrogens is 2. The van der Waals surface area contributed by atoms with E-state index in [2.05, 4.69) is 15.3 Å². The number of carbonyl (C=O) groups excluding carboxylic acids is 1. The number of nitrogens with zero attached hydrogens (tertiary/aromatic N) is 2. The van der Waals surface area contributed by atoms with E-state index in [1.54, 1.807) is 38.4 Å². The SMILES string of the molecule is CC(C)(N)C(=O)Nc1ccc2nccnc2c1. The molecule has 17 heavy (non-hydrogen) atoms. The molecule has 0 saturated carbocycles. The van der Waals surface area contributed by atoms with E-state index in [1.165, 1.54) is 0 Å². The van der Waals surface area contributed by atoms with Crippen molar-refractivity contribution in [2.75, 3.05) is 5.32 Å². The first-order chi connectivity index (χ1) is 7.97. The van der Waals surface area contributed by atoms with Crippen LogP contribution in [0.15, 0.2) is 30.6 Å². The molecule has 1 aromatic heterocycles. The second kappa shape index (κ2) is 4.10. The second-order valence-corrected chi connectivity index (χ2v) is 4.44. The van der Waals surface area contributed by atoms with E-state index in [0.717, 1.165) is 11.0 Å². The molecule has 0 aliphatic rings. The van der Waals surface area contributed by atoms with Gasteiger partial charge in [-0.15, -0.1) is 0 Å². The maximum atomic E-state index is 11.7. The minimum absolute atomic E-state index is 0.235. The van der Waals surface area contributed by atoms with E-state index in [-0.39, 0.29) is 5.91 Å². The van der Waals surface area contributed by atoms with E-state index in [0.29, 0.717) is 5.69 Å². The fourth-order valence-electron chi connectivity index (χ4n) is 1.33. The van der Waals surface area contributed by atoms with Crippen molar-refractivity contribution in [1.82, 2.24) is 9.97 Å². The van der Waals surface area contributed by atoms with Gasteiger partial charge in [-0.25, -0.2) is 0 Å². The molecule has 0 aliphatic carbocycles. The average molecular weight is 230 g/mol. The molecule has 3 N–H and O–H groups in total. The van der Waals surface area contributed by atoms with Gasteiger partial charge in [-0.2, -0.15) is 0 Å². The molecule has 88 valence electrons. The topological polar surface area (TPSA) is 80.9 Å². The molecule has 0 atom stereocenters. The van der Waals surface area contributed by atoms with Gasteiger partial charge in [0.2, 0.25) is 5.91 Å². The van der Waals surface area contributed by atoms with Gasteiger partial charge in [-0.1, -0.05) is 0 Å². The van der Waals surface area contributed by atoms with E-state index < -0.39 is 5.54 Å². The van der Waals surface area contributed by atoms with Gasteiger partial charge >= 0.3 is 0 Å². The first-order valence-corrected chi connectivity index (χ1v) is 5.28. The summed E-state index contributed by atoms with van der Waals surface area (Å²) >= 11 is 0.